The zero-order valence-electron chi connectivity index (χ0n) is 14.9. The molecule has 1 saturated heterocycles. The Morgan fingerprint density at radius 2 is 2.04 bits per heavy atom. The SMILES string of the molecule is Cc1ccccc1COC[C@H]1O[C@@H](n2cc(C(F)(F)F)c(=O)[nH]c2=O)C[C@@H]1O. The highest BCUT2D eigenvalue weighted by molar-refractivity contribution is 5.24. The molecular weight excluding hydrogens is 381 g/mol. The number of halogens is 3. The van der Waals surface area contributed by atoms with Gasteiger partial charge in [-0.25, -0.2) is 4.79 Å². The number of rotatable bonds is 5. The summed E-state index contributed by atoms with van der Waals surface area (Å²) in [7, 11) is 0. The summed E-state index contributed by atoms with van der Waals surface area (Å²) >= 11 is 0. The molecule has 1 aromatic heterocycles. The molecule has 2 aromatic rings. The van der Waals surface area contributed by atoms with Gasteiger partial charge in [-0.2, -0.15) is 13.2 Å². The second-order valence-electron chi connectivity index (χ2n) is 6.58. The molecule has 0 bridgehead atoms. The summed E-state index contributed by atoms with van der Waals surface area (Å²) in [5.41, 5.74) is -2.09. The maximum absolute atomic E-state index is 12.9. The van der Waals surface area contributed by atoms with Crippen LogP contribution in [0, 0.1) is 6.92 Å². The van der Waals surface area contributed by atoms with Crippen LogP contribution in [0.15, 0.2) is 40.1 Å². The minimum absolute atomic E-state index is 0.00374. The molecule has 0 spiro atoms. The molecule has 0 saturated carbocycles. The number of H-pyrrole nitrogens is 1. The lowest BCUT2D eigenvalue weighted by atomic mass is 10.1. The second kappa shape index (κ2) is 7.90. The summed E-state index contributed by atoms with van der Waals surface area (Å²) in [6.45, 7) is 2.20. The van der Waals surface area contributed by atoms with Gasteiger partial charge in [0, 0.05) is 12.6 Å². The number of nitrogens with zero attached hydrogens (tertiary/aromatic N) is 1. The Morgan fingerprint density at radius 3 is 2.71 bits per heavy atom. The number of hydrogen-bond acceptors (Lipinski definition) is 5. The molecule has 28 heavy (non-hydrogen) atoms. The molecule has 0 amide bonds. The van der Waals surface area contributed by atoms with Gasteiger partial charge < -0.3 is 14.6 Å². The number of benzene rings is 1. The topological polar surface area (TPSA) is 93.5 Å². The van der Waals surface area contributed by atoms with E-state index in [-0.39, 0.29) is 19.6 Å². The van der Waals surface area contributed by atoms with Crippen molar-refractivity contribution in [1.29, 1.82) is 0 Å². The first kappa shape index (κ1) is 20.3. The molecular formula is C18H19F3N2O5. The van der Waals surface area contributed by atoms with E-state index < -0.39 is 41.4 Å². The summed E-state index contributed by atoms with van der Waals surface area (Å²) < 4.78 is 50.5. The molecule has 1 aliphatic rings. The quantitative estimate of drug-likeness (QED) is 0.797. The minimum Gasteiger partial charge on any atom is -0.390 e. The van der Waals surface area contributed by atoms with Gasteiger partial charge in [0.05, 0.1) is 19.3 Å². The highest BCUT2D eigenvalue weighted by atomic mass is 19.4. The number of aliphatic hydroxyl groups excluding tert-OH is 1. The number of aromatic nitrogens is 2. The third kappa shape index (κ3) is 4.34. The number of aromatic amines is 1. The van der Waals surface area contributed by atoms with Crippen LogP contribution in [0.1, 0.15) is 29.3 Å². The normalized spacial score (nSPS) is 22.5. The molecule has 1 aromatic carbocycles. The summed E-state index contributed by atoms with van der Waals surface area (Å²) in [6, 6.07) is 7.58. The Labute approximate surface area is 157 Å². The van der Waals surface area contributed by atoms with Crippen LogP contribution in [0.3, 0.4) is 0 Å². The largest absolute Gasteiger partial charge is 0.423 e. The van der Waals surface area contributed by atoms with Crippen LogP contribution in [-0.2, 0) is 22.3 Å². The summed E-state index contributed by atoms with van der Waals surface area (Å²) in [5, 5.41) is 10.1. The van der Waals surface area contributed by atoms with Crippen LogP contribution >= 0.6 is 0 Å². The Morgan fingerprint density at radius 1 is 1.32 bits per heavy atom. The summed E-state index contributed by atoms with van der Waals surface area (Å²) in [5.74, 6) is 0. The van der Waals surface area contributed by atoms with Crippen LogP contribution in [0.5, 0.6) is 0 Å². The molecule has 3 rings (SSSR count). The van der Waals surface area contributed by atoms with Crippen LogP contribution in [0.4, 0.5) is 13.2 Å². The lowest BCUT2D eigenvalue weighted by Crippen LogP contribution is -2.36. The van der Waals surface area contributed by atoms with Crippen molar-refractivity contribution in [2.24, 2.45) is 0 Å². The number of nitrogens with one attached hydrogen (secondary N) is 1. The molecule has 10 heteroatoms. The molecule has 2 N–H and O–H groups in total. The van der Waals surface area contributed by atoms with Gasteiger partial charge in [0.2, 0.25) is 0 Å². The number of aryl methyl sites for hydroxylation is 1. The smallest absolute Gasteiger partial charge is 0.390 e. The Kier molecular flexibility index (Phi) is 5.73. The van der Waals surface area contributed by atoms with E-state index in [1.54, 1.807) is 4.98 Å². The fourth-order valence-corrected chi connectivity index (χ4v) is 2.99. The van der Waals surface area contributed by atoms with Gasteiger partial charge >= 0.3 is 11.9 Å². The molecule has 1 fully saturated rings. The van der Waals surface area contributed by atoms with Crippen molar-refractivity contribution >= 4 is 0 Å². The van der Waals surface area contributed by atoms with Gasteiger partial charge in [0.15, 0.2) is 0 Å². The van der Waals surface area contributed by atoms with Crippen LogP contribution < -0.4 is 11.2 Å². The minimum atomic E-state index is -4.92. The molecule has 0 radical (unpaired) electrons. The Hall–Kier alpha value is -2.43. The van der Waals surface area contributed by atoms with Crippen molar-refractivity contribution in [1.82, 2.24) is 9.55 Å². The molecule has 3 atom stereocenters. The Balaban J connectivity index is 1.69. The first-order valence-electron chi connectivity index (χ1n) is 8.55. The van der Waals surface area contributed by atoms with Gasteiger partial charge in [-0.3, -0.25) is 14.3 Å². The summed E-state index contributed by atoms with van der Waals surface area (Å²) in [6.07, 6.45) is -7.61. The Bertz CT molecular complexity index is 953. The van der Waals surface area contributed by atoms with E-state index in [1.165, 1.54) is 0 Å². The van der Waals surface area contributed by atoms with E-state index in [9.17, 15) is 27.9 Å². The van der Waals surface area contributed by atoms with Crippen molar-refractivity contribution in [2.75, 3.05) is 6.61 Å². The van der Waals surface area contributed by atoms with Crippen LogP contribution in [0.2, 0.25) is 0 Å². The summed E-state index contributed by atoms with van der Waals surface area (Å²) in [4.78, 5) is 24.9. The fourth-order valence-electron chi connectivity index (χ4n) is 2.99. The lowest BCUT2D eigenvalue weighted by Gasteiger charge is -2.17. The van der Waals surface area contributed by atoms with Crippen molar-refractivity contribution < 1.29 is 27.8 Å². The number of ether oxygens (including phenoxy) is 2. The molecule has 2 heterocycles. The zero-order valence-corrected chi connectivity index (χ0v) is 14.9. The fraction of sp³-hybridized carbons (Fsp3) is 0.444. The number of aliphatic hydroxyl groups is 1. The van der Waals surface area contributed by atoms with Crippen molar-refractivity contribution in [3.63, 3.8) is 0 Å². The maximum Gasteiger partial charge on any atom is 0.423 e. The predicted octanol–water partition coefficient (Wildman–Crippen LogP) is 1.73. The third-order valence-electron chi connectivity index (χ3n) is 4.59. The second-order valence-corrected chi connectivity index (χ2v) is 6.58. The van der Waals surface area contributed by atoms with E-state index in [4.69, 9.17) is 9.47 Å². The van der Waals surface area contributed by atoms with Gasteiger partial charge in [-0.1, -0.05) is 24.3 Å². The third-order valence-corrected chi connectivity index (χ3v) is 4.59. The molecule has 0 unspecified atom stereocenters. The molecule has 152 valence electrons. The lowest BCUT2D eigenvalue weighted by molar-refractivity contribution is -0.139. The first-order valence-corrected chi connectivity index (χ1v) is 8.55. The van der Waals surface area contributed by atoms with Gasteiger partial charge in [0.25, 0.3) is 5.56 Å². The van der Waals surface area contributed by atoms with Crippen LogP contribution in [-0.4, -0.2) is 33.5 Å². The molecule has 7 nitrogen and oxygen atoms in total. The van der Waals surface area contributed by atoms with Crippen molar-refractivity contribution in [3.05, 3.63) is 68.0 Å². The van der Waals surface area contributed by atoms with Gasteiger partial charge in [-0.15, -0.1) is 0 Å². The average molecular weight is 400 g/mol. The van der Waals surface area contributed by atoms with E-state index in [1.807, 2.05) is 31.2 Å². The van der Waals surface area contributed by atoms with E-state index in [0.29, 0.717) is 10.8 Å². The average Bonchev–Trinajstić information content (AvgIpc) is 2.96. The zero-order chi connectivity index (χ0) is 20.5. The number of hydrogen-bond donors (Lipinski definition) is 2. The predicted molar refractivity (Wildman–Crippen MR) is 91.7 cm³/mol. The molecule has 1 aliphatic heterocycles. The van der Waals surface area contributed by atoms with E-state index >= 15 is 0 Å². The van der Waals surface area contributed by atoms with Crippen molar-refractivity contribution in [2.45, 2.75) is 44.6 Å². The standard InChI is InChI=1S/C18H19F3N2O5/c1-10-4-2-3-5-11(10)8-27-9-14-13(24)6-15(28-14)23-7-12(18(19,20)21)16(25)22-17(23)26/h2-5,7,13-15,24H,6,8-9H2,1H3,(H,22,25,26)/t13-,14+,15+/m0/s1. The monoisotopic (exact) mass is 400 g/mol. The maximum atomic E-state index is 12.9. The van der Waals surface area contributed by atoms with Gasteiger partial charge in [0.1, 0.15) is 17.9 Å². The van der Waals surface area contributed by atoms with Gasteiger partial charge in [-0.05, 0) is 18.1 Å². The number of alkyl halides is 3. The molecule has 0 aliphatic carbocycles. The van der Waals surface area contributed by atoms with Crippen molar-refractivity contribution in [3.8, 4) is 0 Å². The van der Waals surface area contributed by atoms with E-state index in [2.05, 4.69) is 0 Å². The van der Waals surface area contributed by atoms with Crippen LogP contribution in [0.25, 0.3) is 0 Å². The highest BCUT2D eigenvalue weighted by Crippen LogP contribution is 2.30. The first-order chi connectivity index (χ1) is 13.2. The van der Waals surface area contributed by atoms with E-state index in [0.717, 1.165) is 11.1 Å². The highest BCUT2D eigenvalue weighted by Gasteiger charge is 2.39.